The Labute approximate surface area is 151 Å². The van der Waals surface area contributed by atoms with Crippen LogP contribution in [0.25, 0.3) is 0 Å². The van der Waals surface area contributed by atoms with Gasteiger partial charge < -0.3 is 10.2 Å². The van der Waals surface area contributed by atoms with Gasteiger partial charge in [0, 0.05) is 29.1 Å². The average Bonchev–Trinajstić information content (AvgIpc) is 2.83. The van der Waals surface area contributed by atoms with Gasteiger partial charge in [-0.25, -0.2) is 0 Å². The minimum absolute atomic E-state index is 0.0929. The average molecular weight is 363 g/mol. The zero-order valence-corrected chi connectivity index (χ0v) is 15.1. The van der Waals surface area contributed by atoms with Crippen LogP contribution in [0.3, 0.4) is 0 Å². The van der Waals surface area contributed by atoms with E-state index in [1.807, 2.05) is 12.1 Å². The van der Waals surface area contributed by atoms with Gasteiger partial charge >= 0.3 is 0 Å². The van der Waals surface area contributed by atoms with Crippen molar-refractivity contribution in [2.75, 3.05) is 0 Å². The summed E-state index contributed by atoms with van der Waals surface area (Å²) in [7, 11) is 0. The molecule has 1 aromatic carbocycles. The molecule has 1 saturated heterocycles. The number of hydrogen-bond donors (Lipinski definition) is 1. The molecule has 24 heavy (non-hydrogen) atoms. The Balaban J connectivity index is 1.66. The van der Waals surface area contributed by atoms with Gasteiger partial charge in [0.15, 0.2) is 0 Å². The van der Waals surface area contributed by atoms with Crippen LogP contribution >= 0.6 is 23.8 Å². The Kier molecular flexibility index (Phi) is 3.69. The second-order valence-corrected chi connectivity index (χ2v) is 8.20. The lowest BCUT2D eigenvalue weighted by molar-refractivity contribution is -0.125. The molecule has 4 nitrogen and oxygen atoms in total. The number of fused-ring (bicyclic) bond motifs is 1. The van der Waals surface area contributed by atoms with E-state index < -0.39 is 6.04 Å². The zero-order chi connectivity index (χ0) is 17.1. The molecule has 6 heteroatoms. The molecule has 0 bridgehead atoms. The number of piperidine rings is 1. The fourth-order valence-corrected chi connectivity index (χ4v) is 4.46. The van der Waals surface area contributed by atoms with E-state index in [-0.39, 0.29) is 17.2 Å². The van der Waals surface area contributed by atoms with Gasteiger partial charge in [0.1, 0.15) is 6.04 Å². The van der Waals surface area contributed by atoms with Crippen molar-refractivity contribution < 1.29 is 9.59 Å². The van der Waals surface area contributed by atoms with Gasteiger partial charge in [0.2, 0.25) is 5.91 Å². The summed E-state index contributed by atoms with van der Waals surface area (Å²) < 4.78 is 0. The van der Waals surface area contributed by atoms with E-state index in [0.717, 1.165) is 24.0 Å². The van der Waals surface area contributed by atoms with Crippen LogP contribution in [0.1, 0.15) is 60.5 Å². The Morgan fingerprint density at radius 1 is 1.33 bits per heavy atom. The predicted octanol–water partition coefficient (Wildman–Crippen LogP) is 3.34. The number of nitrogens with zero attached hydrogens (tertiary/aromatic N) is 1. The summed E-state index contributed by atoms with van der Waals surface area (Å²) in [5.74, 6) is -0.278. The molecule has 1 saturated carbocycles. The summed E-state index contributed by atoms with van der Waals surface area (Å²) in [5.41, 5.74) is 2.77. The van der Waals surface area contributed by atoms with E-state index in [1.165, 1.54) is 6.42 Å². The number of benzene rings is 1. The number of hydrogen-bond acceptors (Lipinski definition) is 3. The van der Waals surface area contributed by atoms with Crippen LogP contribution in [0.15, 0.2) is 12.1 Å². The first-order valence-corrected chi connectivity index (χ1v) is 9.15. The maximum atomic E-state index is 12.9. The Hall–Kier alpha value is -1.46. The number of carbonyl (C=O) groups is 2. The molecule has 2 fully saturated rings. The molecule has 3 aliphatic rings. The number of halogens is 1. The highest BCUT2D eigenvalue weighted by atomic mass is 35.5. The number of rotatable bonds is 2. The molecule has 1 aliphatic carbocycles. The third-order valence-corrected chi connectivity index (χ3v) is 6.40. The molecule has 0 spiro atoms. The van der Waals surface area contributed by atoms with Crippen LogP contribution in [0.5, 0.6) is 0 Å². The van der Waals surface area contributed by atoms with E-state index in [4.69, 9.17) is 23.8 Å². The van der Waals surface area contributed by atoms with Crippen molar-refractivity contribution in [1.29, 1.82) is 0 Å². The standard InChI is InChI=1S/C18H19ClN2O2S/c1-18(5-2-6-18)10-7-11-12(13(19)8-10)9-21(17(11)23)14-3-4-15(24)20-16(14)22/h7-8,14H,2-6,9H2,1H3,(H,20,22,24). The molecule has 4 rings (SSSR count). The quantitative estimate of drug-likeness (QED) is 0.821. The molecule has 2 aliphatic heterocycles. The summed E-state index contributed by atoms with van der Waals surface area (Å²) >= 11 is 11.5. The van der Waals surface area contributed by atoms with E-state index in [2.05, 4.69) is 12.2 Å². The lowest BCUT2D eigenvalue weighted by atomic mass is 9.66. The van der Waals surface area contributed by atoms with Crippen LogP contribution in [0, 0.1) is 0 Å². The highest BCUT2D eigenvalue weighted by Gasteiger charge is 2.41. The fraction of sp³-hybridized carbons (Fsp3) is 0.500. The number of thiocarbonyl (C=S) groups is 1. The number of nitrogens with one attached hydrogen (secondary N) is 1. The number of amides is 2. The van der Waals surface area contributed by atoms with Crippen LogP contribution in [0.4, 0.5) is 0 Å². The molecule has 0 radical (unpaired) electrons. The van der Waals surface area contributed by atoms with Crippen molar-refractivity contribution in [1.82, 2.24) is 10.2 Å². The van der Waals surface area contributed by atoms with E-state index in [9.17, 15) is 9.59 Å². The van der Waals surface area contributed by atoms with Gasteiger partial charge in [-0.1, -0.05) is 37.2 Å². The molecular formula is C18H19ClN2O2S. The summed E-state index contributed by atoms with van der Waals surface area (Å²) in [6.45, 7) is 2.62. The van der Waals surface area contributed by atoms with E-state index in [1.54, 1.807) is 4.90 Å². The normalized spacial score (nSPS) is 25.3. The second-order valence-electron chi connectivity index (χ2n) is 7.30. The number of carbonyl (C=O) groups excluding carboxylic acids is 2. The summed E-state index contributed by atoms with van der Waals surface area (Å²) in [6, 6.07) is 3.54. The first kappa shape index (κ1) is 16.0. The first-order valence-electron chi connectivity index (χ1n) is 8.37. The van der Waals surface area contributed by atoms with Crippen molar-refractivity contribution >= 4 is 40.6 Å². The van der Waals surface area contributed by atoms with E-state index >= 15 is 0 Å². The Bertz CT molecular complexity index is 773. The molecule has 1 atom stereocenters. The highest BCUT2D eigenvalue weighted by molar-refractivity contribution is 7.80. The Morgan fingerprint density at radius 2 is 2.08 bits per heavy atom. The fourth-order valence-electron chi connectivity index (χ4n) is 3.96. The summed E-state index contributed by atoms with van der Waals surface area (Å²) in [6.07, 6.45) is 4.67. The zero-order valence-electron chi connectivity index (χ0n) is 13.5. The van der Waals surface area contributed by atoms with Gasteiger partial charge in [0.05, 0.1) is 4.99 Å². The SMILES string of the molecule is CC1(c2cc(Cl)c3c(c2)C(=O)N(C2CCC(=S)NC2=O)C3)CCC1. The van der Waals surface area contributed by atoms with Gasteiger partial charge in [-0.15, -0.1) is 0 Å². The maximum absolute atomic E-state index is 12.9. The minimum atomic E-state index is -0.463. The van der Waals surface area contributed by atoms with E-state index in [0.29, 0.717) is 35.0 Å². The summed E-state index contributed by atoms with van der Waals surface area (Å²) in [4.78, 5) is 27.3. The largest absolute Gasteiger partial charge is 0.322 e. The molecule has 0 aromatic heterocycles. The minimum Gasteiger partial charge on any atom is -0.322 e. The van der Waals surface area contributed by atoms with Crippen molar-refractivity contribution in [3.63, 3.8) is 0 Å². The smallest absolute Gasteiger partial charge is 0.255 e. The molecule has 2 heterocycles. The first-order chi connectivity index (χ1) is 11.4. The maximum Gasteiger partial charge on any atom is 0.255 e. The molecule has 1 N–H and O–H groups in total. The third kappa shape index (κ3) is 2.37. The van der Waals surface area contributed by atoms with Crippen LogP contribution in [0.2, 0.25) is 5.02 Å². The van der Waals surface area contributed by atoms with Crippen molar-refractivity contribution in [3.8, 4) is 0 Å². The predicted molar refractivity (Wildman–Crippen MR) is 96.3 cm³/mol. The topological polar surface area (TPSA) is 49.4 Å². The van der Waals surface area contributed by atoms with Gasteiger partial charge in [0.25, 0.3) is 5.91 Å². The monoisotopic (exact) mass is 362 g/mol. The highest BCUT2D eigenvalue weighted by Crippen LogP contribution is 2.45. The van der Waals surface area contributed by atoms with Crippen molar-refractivity contribution in [2.45, 2.75) is 57.0 Å². The molecule has 2 amide bonds. The van der Waals surface area contributed by atoms with Crippen molar-refractivity contribution in [2.24, 2.45) is 0 Å². The molecule has 126 valence electrons. The van der Waals surface area contributed by atoms with Crippen molar-refractivity contribution in [3.05, 3.63) is 33.8 Å². The van der Waals surface area contributed by atoms with Gasteiger partial charge in [-0.05, 0) is 42.4 Å². The Morgan fingerprint density at radius 3 is 2.71 bits per heavy atom. The second kappa shape index (κ2) is 5.53. The molecular weight excluding hydrogens is 344 g/mol. The molecule has 1 unspecified atom stereocenters. The van der Waals surface area contributed by atoms with Crippen LogP contribution in [-0.4, -0.2) is 27.7 Å². The van der Waals surface area contributed by atoms with Gasteiger partial charge in [-0.2, -0.15) is 0 Å². The lowest BCUT2D eigenvalue weighted by Gasteiger charge is -2.39. The molecule has 1 aromatic rings. The van der Waals surface area contributed by atoms with Crippen LogP contribution in [-0.2, 0) is 16.8 Å². The summed E-state index contributed by atoms with van der Waals surface area (Å²) in [5, 5.41) is 3.32. The third-order valence-electron chi connectivity index (χ3n) is 5.76. The lowest BCUT2D eigenvalue weighted by Crippen LogP contribution is -2.52. The van der Waals surface area contributed by atoms with Gasteiger partial charge in [-0.3, -0.25) is 9.59 Å². The van der Waals surface area contributed by atoms with Crippen LogP contribution < -0.4 is 5.32 Å².